The molecular formula is C17H29NO. The molecule has 19 heavy (non-hydrogen) atoms. The van der Waals surface area contributed by atoms with Crippen LogP contribution in [-0.2, 0) is 4.74 Å². The van der Waals surface area contributed by atoms with Crippen molar-refractivity contribution in [2.24, 2.45) is 5.92 Å². The average molecular weight is 263 g/mol. The zero-order valence-electron chi connectivity index (χ0n) is 12.4. The molecule has 108 valence electrons. The van der Waals surface area contributed by atoms with Crippen LogP contribution >= 0.6 is 0 Å². The van der Waals surface area contributed by atoms with E-state index in [1.807, 2.05) is 6.26 Å². The second-order valence-electron chi connectivity index (χ2n) is 5.88. The van der Waals surface area contributed by atoms with Crippen molar-refractivity contribution in [3.05, 3.63) is 24.0 Å². The van der Waals surface area contributed by atoms with Gasteiger partial charge in [0, 0.05) is 6.54 Å². The molecule has 1 heterocycles. The molecule has 0 bridgehead atoms. The van der Waals surface area contributed by atoms with Crippen LogP contribution in [0, 0.1) is 5.92 Å². The van der Waals surface area contributed by atoms with Gasteiger partial charge in [0.15, 0.2) is 0 Å². The van der Waals surface area contributed by atoms with E-state index in [0.29, 0.717) is 6.10 Å². The van der Waals surface area contributed by atoms with Gasteiger partial charge >= 0.3 is 0 Å². The van der Waals surface area contributed by atoms with Crippen LogP contribution in [0.15, 0.2) is 24.0 Å². The maximum Gasteiger partial charge on any atom is 0.117 e. The van der Waals surface area contributed by atoms with Crippen molar-refractivity contribution in [3.63, 3.8) is 0 Å². The summed E-state index contributed by atoms with van der Waals surface area (Å²) in [5.74, 6) is 0.799. The second kappa shape index (κ2) is 8.42. The van der Waals surface area contributed by atoms with Crippen molar-refractivity contribution >= 4 is 0 Å². The molecule has 1 unspecified atom stereocenters. The largest absolute Gasteiger partial charge is 0.494 e. The molecule has 2 nitrogen and oxygen atoms in total. The van der Waals surface area contributed by atoms with E-state index in [1.165, 1.54) is 38.5 Å². The van der Waals surface area contributed by atoms with E-state index in [0.717, 1.165) is 31.8 Å². The third kappa shape index (κ3) is 5.02. The lowest BCUT2D eigenvalue weighted by atomic mass is 9.83. The van der Waals surface area contributed by atoms with Gasteiger partial charge in [-0.2, -0.15) is 0 Å². The first-order valence-electron chi connectivity index (χ1n) is 8.12. The van der Waals surface area contributed by atoms with Crippen LogP contribution in [0.2, 0.25) is 0 Å². The first-order chi connectivity index (χ1) is 9.40. The normalized spacial score (nSPS) is 25.3. The minimum atomic E-state index is 0.311. The summed E-state index contributed by atoms with van der Waals surface area (Å²) in [6, 6.07) is 0. The average Bonchev–Trinajstić information content (AvgIpc) is 2.48. The van der Waals surface area contributed by atoms with Crippen LogP contribution in [0.3, 0.4) is 0 Å². The minimum Gasteiger partial charge on any atom is -0.494 e. The van der Waals surface area contributed by atoms with Crippen molar-refractivity contribution < 1.29 is 4.74 Å². The van der Waals surface area contributed by atoms with Crippen LogP contribution in [-0.4, -0.2) is 19.2 Å². The first-order valence-corrected chi connectivity index (χ1v) is 8.12. The van der Waals surface area contributed by atoms with Gasteiger partial charge in [-0.25, -0.2) is 0 Å². The first kappa shape index (κ1) is 14.6. The monoisotopic (exact) mass is 263 g/mol. The minimum absolute atomic E-state index is 0.311. The molecule has 0 radical (unpaired) electrons. The molecule has 1 fully saturated rings. The SMILES string of the molecule is CCCNCC(=CC1CCC=CO1)C1CCCCC1. The summed E-state index contributed by atoms with van der Waals surface area (Å²) < 4.78 is 5.72. The standard InChI is InChI=1S/C17H29NO/c1-2-11-18-14-16(15-8-4-3-5-9-15)13-17-10-6-7-12-19-17/h7,12-13,15,17-18H,2-6,8-11,14H2,1H3. The Hall–Kier alpha value is -0.760. The number of rotatable bonds is 6. The number of nitrogens with one attached hydrogen (secondary N) is 1. The highest BCUT2D eigenvalue weighted by Gasteiger charge is 2.19. The lowest BCUT2D eigenvalue weighted by Crippen LogP contribution is -2.24. The van der Waals surface area contributed by atoms with E-state index >= 15 is 0 Å². The Morgan fingerprint density at radius 2 is 2.11 bits per heavy atom. The Morgan fingerprint density at radius 1 is 1.26 bits per heavy atom. The van der Waals surface area contributed by atoms with Crippen molar-refractivity contribution in [2.75, 3.05) is 13.1 Å². The summed E-state index contributed by atoms with van der Waals surface area (Å²) in [6.45, 7) is 4.41. The molecule has 2 aliphatic rings. The van der Waals surface area contributed by atoms with Crippen molar-refractivity contribution in [2.45, 2.75) is 64.4 Å². The predicted octanol–water partition coefficient (Wildman–Crippen LogP) is 4.19. The molecule has 1 aliphatic heterocycles. The van der Waals surface area contributed by atoms with Gasteiger partial charge in [0.1, 0.15) is 6.10 Å². The fraction of sp³-hybridized carbons (Fsp3) is 0.765. The molecule has 0 amide bonds. The smallest absolute Gasteiger partial charge is 0.117 e. The molecule has 0 aromatic heterocycles. The van der Waals surface area contributed by atoms with E-state index < -0.39 is 0 Å². The van der Waals surface area contributed by atoms with Gasteiger partial charge in [0.05, 0.1) is 6.26 Å². The summed E-state index contributed by atoms with van der Waals surface area (Å²) >= 11 is 0. The van der Waals surface area contributed by atoms with E-state index in [9.17, 15) is 0 Å². The third-order valence-electron chi connectivity index (χ3n) is 4.25. The van der Waals surface area contributed by atoms with E-state index in [-0.39, 0.29) is 0 Å². The van der Waals surface area contributed by atoms with Crippen LogP contribution in [0.5, 0.6) is 0 Å². The summed E-state index contributed by atoms with van der Waals surface area (Å²) in [6.07, 6.45) is 17.2. The Balaban J connectivity index is 1.94. The molecule has 1 N–H and O–H groups in total. The number of hydrogen-bond donors (Lipinski definition) is 1. The number of hydrogen-bond acceptors (Lipinski definition) is 2. The Kier molecular flexibility index (Phi) is 6.49. The molecular weight excluding hydrogens is 234 g/mol. The summed E-state index contributed by atoms with van der Waals surface area (Å²) in [5, 5.41) is 3.58. The van der Waals surface area contributed by atoms with Crippen molar-refractivity contribution in [1.29, 1.82) is 0 Å². The van der Waals surface area contributed by atoms with Crippen molar-refractivity contribution in [3.8, 4) is 0 Å². The molecule has 0 saturated heterocycles. The van der Waals surface area contributed by atoms with E-state index in [2.05, 4.69) is 24.4 Å². The maximum atomic E-state index is 5.72. The summed E-state index contributed by atoms with van der Waals surface area (Å²) in [5.41, 5.74) is 1.61. The molecule has 1 saturated carbocycles. The zero-order chi connectivity index (χ0) is 13.3. The molecule has 1 atom stereocenters. The third-order valence-corrected chi connectivity index (χ3v) is 4.25. The van der Waals surface area contributed by atoms with E-state index in [1.54, 1.807) is 5.57 Å². The van der Waals surface area contributed by atoms with Crippen LogP contribution in [0.25, 0.3) is 0 Å². The highest BCUT2D eigenvalue weighted by Crippen LogP contribution is 2.30. The summed E-state index contributed by atoms with van der Waals surface area (Å²) in [4.78, 5) is 0. The lowest BCUT2D eigenvalue weighted by molar-refractivity contribution is 0.163. The quantitative estimate of drug-likeness (QED) is 0.573. The van der Waals surface area contributed by atoms with E-state index in [4.69, 9.17) is 4.74 Å². The fourth-order valence-electron chi connectivity index (χ4n) is 3.14. The van der Waals surface area contributed by atoms with Gasteiger partial charge in [-0.15, -0.1) is 0 Å². The molecule has 2 rings (SSSR count). The Morgan fingerprint density at radius 3 is 2.79 bits per heavy atom. The highest BCUT2D eigenvalue weighted by atomic mass is 16.5. The second-order valence-corrected chi connectivity index (χ2v) is 5.88. The van der Waals surface area contributed by atoms with Crippen LogP contribution in [0.1, 0.15) is 58.3 Å². The van der Waals surface area contributed by atoms with Gasteiger partial charge in [-0.3, -0.25) is 0 Å². The van der Waals surface area contributed by atoms with Gasteiger partial charge in [-0.1, -0.05) is 31.8 Å². The molecule has 2 heteroatoms. The summed E-state index contributed by atoms with van der Waals surface area (Å²) in [7, 11) is 0. The van der Waals surface area contributed by atoms with Gasteiger partial charge in [-0.05, 0) is 56.7 Å². The number of allylic oxidation sites excluding steroid dienone is 1. The molecule has 0 spiro atoms. The van der Waals surface area contributed by atoms with Gasteiger partial charge < -0.3 is 10.1 Å². The van der Waals surface area contributed by atoms with Crippen LogP contribution < -0.4 is 5.32 Å². The fourth-order valence-corrected chi connectivity index (χ4v) is 3.14. The van der Waals surface area contributed by atoms with Crippen molar-refractivity contribution in [1.82, 2.24) is 5.32 Å². The molecule has 0 aromatic carbocycles. The highest BCUT2D eigenvalue weighted by molar-refractivity contribution is 5.13. The lowest BCUT2D eigenvalue weighted by Gasteiger charge is -2.27. The molecule has 0 aromatic rings. The van der Waals surface area contributed by atoms with Gasteiger partial charge in [0.25, 0.3) is 0 Å². The topological polar surface area (TPSA) is 21.3 Å². The Bertz CT molecular complexity index is 302. The predicted molar refractivity (Wildman–Crippen MR) is 81.1 cm³/mol. The maximum absolute atomic E-state index is 5.72. The molecule has 1 aliphatic carbocycles. The van der Waals surface area contributed by atoms with Gasteiger partial charge in [0.2, 0.25) is 0 Å². The Labute approximate surface area is 118 Å². The number of ether oxygens (including phenoxy) is 1. The zero-order valence-corrected chi connectivity index (χ0v) is 12.4. The van der Waals surface area contributed by atoms with Crippen LogP contribution in [0.4, 0.5) is 0 Å².